The average Bonchev–Trinajstić information content (AvgIpc) is 3.34. The van der Waals surface area contributed by atoms with E-state index in [1.54, 1.807) is 30.6 Å². The number of benzene rings is 2. The molecule has 0 saturated carbocycles. The van der Waals surface area contributed by atoms with Gasteiger partial charge < -0.3 is 9.15 Å². The van der Waals surface area contributed by atoms with Crippen molar-refractivity contribution < 1.29 is 9.15 Å². The van der Waals surface area contributed by atoms with E-state index in [1.807, 2.05) is 29.8 Å². The first-order valence-electron chi connectivity index (χ1n) is 7.64. The first kappa shape index (κ1) is 16.6. The maximum atomic E-state index is 9.17. The topological polar surface area (TPSA) is 84.8 Å². The standard InChI is InChI=1S/C18H12N4O2S2/c1-23-15-5-2-11(6-13(15)8-19)9-25-18-22-21-17(24-18)12-3-4-14-16(7-12)26-10-20-14/h2-7,10H,9H2,1H3. The van der Waals surface area contributed by atoms with Crippen LogP contribution in [0.3, 0.4) is 0 Å². The molecule has 0 fully saturated rings. The quantitative estimate of drug-likeness (QED) is 0.471. The van der Waals surface area contributed by atoms with E-state index in [0.717, 1.165) is 21.3 Å². The Balaban J connectivity index is 1.49. The third-order valence-electron chi connectivity index (χ3n) is 3.73. The smallest absolute Gasteiger partial charge is 0.277 e. The molecule has 4 rings (SSSR count). The molecule has 0 N–H and O–H groups in total. The Morgan fingerprint density at radius 3 is 3.00 bits per heavy atom. The van der Waals surface area contributed by atoms with E-state index < -0.39 is 0 Å². The second kappa shape index (κ2) is 7.15. The largest absolute Gasteiger partial charge is 0.495 e. The molecule has 0 aliphatic carbocycles. The van der Waals surface area contributed by atoms with Crippen molar-refractivity contribution in [3.63, 3.8) is 0 Å². The predicted molar refractivity (Wildman–Crippen MR) is 100 cm³/mol. The van der Waals surface area contributed by atoms with Crippen molar-refractivity contribution in [2.75, 3.05) is 7.11 Å². The minimum Gasteiger partial charge on any atom is -0.495 e. The molecule has 6 nitrogen and oxygen atoms in total. The van der Waals surface area contributed by atoms with E-state index in [2.05, 4.69) is 21.3 Å². The van der Waals surface area contributed by atoms with Crippen LogP contribution in [0.4, 0.5) is 0 Å². The maximum Gasteiger partial charge on any atom is 0.277 e. The Labute approximate surface area is 157 Å². The van der Waals surface area contributed by atoms with Gasteiger partial charge in [-0.15, -0.1) is 21.5 Å². The summed E-state index contributed by atoms with van der Waals surface area (Å²) in [4.78, 5) is 4.26. The van der Waals surface area contributed by atoms with Gasteiger partial charge in [0.1, 0.15) is 11.8 Å². The Kier molecular flexibility index (Phi) is 4.56. The van der Waals surface area contributed by atoms with Crippen LogP contribution in [0.15, 0.2) is 51.5 Å². The number of thiazole rings is 1. The molecule has 8 heteroatoms. The lowest BCUT2D eigenvalue weighted by Crippen LogP contribution is -1.90. The van der Waals surface area contributed by atoms with Crippen LogP contribution in [0, 0.1) is 11.3 Å². The van der Waals surface area contributed by atoms with Gasteiger partial charge in [0.2, 0.25) is 5.89 Å². The van der Waals surface area contributed by atoms with Gasteiger partial charge in [-0.25, -0.2) is 4.98 Å². The number of nitriles is 1. The summed E-state index contributed by atoms with van der Waals surface area (Å²) < 4.78 is 12.0. The van der Waals surface area contributed by atoms with Crippen LogP contribution < -0.4 is 4.74 Å². The molecule has 0 bridgehead atoms. The molecule has 0 saturated heterocycles. The van der Waals surface area contributed by atoms with Gasteiger partial charge in [0.15, 0.2) is 0 Å². The lowest BCUT2D eigenvalue weighted by Gasteiger charge is -2.04. The summed E-state index contributed by atoms with van der Waals surface area (Å²) in [6.45, 7) is 0. The Bertz CT molecular complexity index is 1110. The number of fused-ring (bicyclic) bond motifs is 1. The average molecular weight is 380 g/mol. The van der Waals surface area contributed by atoms with Crippen LogP contribution in [0.2, 0.25) is 0 Å². The summed E-state index contributed by atoms with van der Waals surface area (Å²) in [5.41, 5.74) is 5.14. The van der Waals surface area contributed by atoms with Crippen molar-refractivity contribution in [1.82, 2.24) is 15.2 Å². The lowest BCUT2D eigenvalue weighted by molar-refractivity contribution is 0.413. The fraction of sp³-hybridized carbons (Fsp3) is 0.111. The molecule has 0 atom stereocenters. The molecule has 26 heavy (non-hydrogen) atoms. The summed E-state index contributed by atoms with van der Waals surface area (Å²) in [7, 11) is 1.55. The number of aromatic nitrogens is 3. The van der Waals surface area contributed by atoms with Crippen molar-refractivity contribution in [3.8, 4) is 23.3 Å². The summed E-state index contributed by atoms with van der Waals surface area (Å²) in [5.74, 6) is 1.67. The summed E-state index contributed by atoms with van der Waals surface area (Å²) in [5, 5.41) is 17.9. The second-order valence-corrected chi connectivity index (χ2v) is 7.16. The number of hydrogen-bond donors (Lipinski definition) is 0. The molecule has 0 unspecified atom stereocenters. The minimum absolute atomic E-state index is 0.482. The van der Waals surface area contributed by atoms with E-state index >= 15 is 0 Å². The summed E-state index contributed by atoms with van der Waals surface area (Å²) in [6, 6.07) is 13.5. The molecular weight excluding hydrogens is 368 g/mol. The van der Waals surface area contributed by atoms with Gasteiger partial charge in [0.05, 0.1) is 28.4 Å². The van der Waals surface area contributed by atoms with E-state index in [4.69, 9.17) is 14.4 Å². The fourth-order valence-corrected chi connectivity index (χ4v) is 3.87. The van der Waals surface area contributed by atoms with E-state index in [0.29, 0.717) is 28.2 Å². The van der Waals surface area contributed by atoms with E-state index in [1.165, 1.54) is 11.8 Å². The lowest BCUT2D eigenvalue weighted by atomic mass is 10.1. The molecule has 2 aromatic heterocycles. The molecule has 0 radical (unpaired) electrons. The first-order valence-corrected chi connectivity index (χ1v) is 9.50. The Morgan fingerprint density at radius 2 is 2.15 bits per heavy atom. The highest BCUT2D eigenvalue weighted by Gasteiger charge is 2.11. The van der Waals surface area contributed by atoms with Gasteiger partial charge in [-0.2, -0.15) is 5.26 Å². The monoisotopic (exact) mass is 380 g/mol. The number of rotatable bonds is 5. The normalized spacial score (nSPS) is 10.8. The predicted octanol–water partition coefficient (Wildman–Crippen LogP) is 4.52. The number of methoxy groups -OCH3 is 1. The van der Waals surface area contributed by atoms with Crippen molar-refractivity contribution >= 4 is 33.3 Å². The van der Waals surface area contributed by atoms with Crippen LogP contribution in [-0.2, 0) is 5.75 Å². The van der Waals surface area contributed by atoms with Crippen LogP contribution in [-0.4, -0.2) is 22.3 Å². The minimum atomic E-state index is 0.482. The first-order chi connectivity index (χ1) is 12.8. The van der Waals surface area contributed by atoms with Crippen molar-refractivity contribution in [2.45, 2.75) is 11.0 Å². The molecular formula is C18H12N4O2S2. The highest BCUT2D eigenvalue weighted by molar-refractivity contribution is 7.98. The third kappa shape index (κ3) is 3.27. The number of hydrogen-bond acceptors (Lipinski definition) is 8. The highest BCUT2D eigenvalue weighted by Crippen LogP contribution is 2.29. The van der Waals surface area contributed by atoms with E-state index in [-0.39, 0.29) is 0 Å². The molecule has 2 aromatic carbocycles. The van der Waals surface area contributed by atoms with Crippen LogP contribution in [0.1, 0.15) is 11.1 Å². The highest BCUT2D eigenvalue weighted by atomic mass is 32.2. The Morgan fingerprint density at radius 1 is 1.23 bits per heavy atom. The second-order valence-electron chi connectivity index (χ2n) is 5.34. The molecule has 0 amide bonds. The summed E-state index contributed by atoms with van der Waals surface area (Å²) >= 11 is 3.00. The van der Waals surface area contributed by atoms with Gasteiger partial charge in [0, 0.05) is 11.3 Å². The van der Waals surface area contributed by atoms with Gasteiger partial charge in [-0.05, 0) is 35.9 Å². The van der Waals surface area contributed by atoms with Crippen molar-refractivity contribution in [2.24, 2.45) is 0 Å². The molecule has 128 valence electrons. The SMILES string of the molecule is COc1ccc(CSc2nnc(-c3ccc4ncsc4c3)o2)cc1C#N. The van der Waals surface area contributed by atoms with E-state index in [9.17, 15) is 0 Å². The Hall–Kier alpha value is -2.89. The number of nitrogens with zero attached hydrogens (tertiary/aromatic N) is 4. The zero-order chi connectivity index (χ0) is 17.9. The fourth-order valence-electron chi connectivity index (χ4n) is 2.45. The van der Waals surface area contributed by atoms with Crippen LogP contribution >= 0.6 is 23.1 Å². The van der Waals surface area contributed by atoms with Gasteiger partial charge in [0.25, 0.3) is 5.22 Å². The number of thioether (sulfide) groups is 1. The molecule has 0 aliphatic rings. The molecule has 2 heterocycles. The number of ether oxygens (including phenoxy) is 1. The van der Waals surface area contributed by atoms with Crippen molar-refractivity contribution in [1.29, 1.82) is 5.26 Å². The van der Waals surface area contributed by atoms with Crippen LogP contribution in [0.5, 0.6) is 5.75 Å². The van der Waals surface area contributed by atoms with Gasteiger partial charge >= 0.3 is 0 Å². The molecule has 4 aromatic rings. The van der Waals surface area contributed by atoms with Crippen LogP contribution in [0.25, 0.3) is 21.7 Å². The zero-order valence-electron chi connectivity index (χ0n) is 13.7. The molecule has 0 aliphatic heterocycles. The third-order valence-corrected chi connectivity index (χ3v) is 5.41. The van der Waals surface area contributed by atoms with Gasteiger partial charge in [-0.1, -0.05) is 17.8 Å². The maximum absolute atomic E-state index is 9.17. The molecule has 0 spiro atoms. The van der Waals surface area contributed by atoms with Crippen molar-refractivity contribution in [3.05, 3.63) is 53.0 Å². The zero-order valence-corrected chi connectivity index (χ0v) is 15.3. The summed E-state index contributed by atoms with van der Waals surface area (Å²) in [6.07, 6.45) is 0. The van der Waals surface area contributed by atoms with Gasteiger partial charge in [-0.3, -0.25) is 0 Å².